The first-order chi connectivity index (χ1) is 24.4. The Morgan fingerprint density at radius 1 is 1.00 bits per heavy atom. The van der Waals surface area contributed by atoms with Gasteiger partial charge >= 0.3 is 0 Å². The Morgan fingerprint density at radius 3 is 2.58 bits per heavy atom. The molecular formula is C39H45FN6O4. The number of aryl methyl sites for hydroxylation is 1. The molecule has 4 atom stereocenters. The number of hydrogen-bond donors (Lipinski definition) is 4. The van der Waals surface area contributed by atoms with Crippen LogP contribution in [0, 0.1) is 5.95 Å². The normalized spacial score (nSPS) is 21.6. The third-order valence-corrected chi connectivity index (χ3v) is 10.5. The maximum atomic E-state index is 14.3. The second kappa shape index (κ2) is 15.3. The highest BCUT2D eigenvalue weighted by atomic mass is 19.1. The summed E-state index contributed by atoms with van der Waals surface area (Å²) in [7, 11) is 0. The number of aliphatic hydroxyl groups excluding tert-OH is 2. The maximum absolute atomic E-state index is 14.3. The number of amides is 1. The number of benzene rings is 2. The lowest BCUT2D eigenvalue weighted by Crippen LogP contribution is -2.49. The van der Waals surface area contributed by atoms with Crippen molar-refractivity contribution in [2.75, 3.05) is 45.1 Å². The molecule has 0 unspecified atom stereocenters. The molecule has 2 aromatic carbocycles. The number of ether oxygens (including phenoxy) is 1. The van der Waals surface area contributed by atoms with Crippen LogP contribution in [0.4, 0.5) is 10.2 Å². The molecule has 7 rings (SSSR count). The van der Waals surface area contributed by atoms with Gasteiger partial charge in [-0.2, -0.15) is 4.39 Å². The summed E-state index contributed by atoms with van der Waals surface area (Å²) in [5.41, 5.74) is 13.2. The van der Waals surface area contributed by atoms with Crippen molar-refractivity contribution >= 4 is 11.7 Å². The van der Waals surface area contributed by atoms with E-state index in [2.05, 4.69) is 67.5 Å². The highest BCUT2D eigenvalue weighted by Crippen LogP contribution is 2.38. The number of carbonyl (C=O) groups excluding carboxylic acids is 1. The van der Waals surface area contributed by atoms with Crippen LogP contribution in [-0.2, 0) is 17.8 Å². The average Bonchev–Trinajstić information content (AvgIpc) is 3.78. The zero-order valence-electron chi connectivity index (χ0n) is 28.2. The van der Waals surface area contributed by atoms with Gasteiger partial charge in [0.15, 0.2) is 0 Å². The van der Waals surface area contributed by atoms with Crippen LogP contribution in [0.5, 0.6) is 0 Å². The van der Waals surface area contributed by atoms with Gasteiger partial charge in [0.2, 0.25) is 5.95 Å². The third-order valence-electron chi connectivity index (χ3n) is 10.5. The minimum absolute atomic E-state index is 0.0841. The largest absolute Gasteiger partial charge is 0.394 e. The number of rotatable bonds is 11. The zero-order valence-corrected chi connectivity index (χ0v) is 28.2. The van der Waals surface area contributed by atoms with Crippen molar-refractivity contribution in [1.82, 2.24) is 25.1 Å². The lowest BCUT2D eigenvalue weighted by atomic mass is 9.98. The van der Waals surface area contributed by atoms with Crippen molar-refractivity contribution < 1.29 is 24.1 Å². The van der Waals surface area contributed by atoms with Gasteiger partial charge < -0.3 is 26.0 Å². The van der Waals surface area contributed by atoms with E-state index in [1.165, 1.54) is 34.6 Å². The van der Waals surface area contributed by atoms with Crippen molar-refractivity contribution in [3.8, 4) is 22.3 Å². The molecule has 5 N–H and O–H groups in total. The first-order valence-electron chi connectivity index (χ1n) is 17.6. The Morgan fingerprint density at radius 2 is 1.80 bits per heavy atom. The fourth-order valence-corrected chi connectivity index (χ4v) is 7.71. The topological polar surface area (TPSA) is 137 Å². The minimum atomic E-state index is -0.671. The number of β-amino-alcohol motifs (C(OH)–C–C–N with tert-alkyl or cyclic N) is 1. The van der Waals surface area contributed by atoms with Gasteiger partial charge in [0.25, 0.3) is 5.91 Å². The molecular weight excluding hydrogens is 635 g/mol. The number of aliphatic hydroxyl groups is 2. The minimum Gasteiger partial charge on any atom is -0.394 e. The van der Waals surface area contributed by atoms with Gasteiger partial charge in [-0.05, 0) is 78.1 Å². The summed E-state index contributed by atoms with van der Waals surface area (Å²) in [4.78, 5) is 25.9. The van der Waals surface area contributed by atoms with Crippen molar-refractivity contribution in [1.29, 1.82) is 0 Å². The quantitative estimate of drug-likeness (QED) is 0.170. The van der Waals surface area contributed by atoms with E-state index in [-0.39, 0.29) is 41.6 Å². The lowest BCUT2D eigenvalue weighted by Gasteiger charge is -2.38. The van der Waals surface area contributed by atoms with Crippen LogP contribution < -0.4 is 11.1 Å². The lowest BCUT2D eigenvalue weighted by molar-refractivity contribution is 0.0272. The fraction of sp³-hybridized carbons (Fsp3) is 0.410. The van der Waals surface area contributed by atoms with Gasteiger partial charge in [-0.15, -0.1) is 0 Å². The predicted octanol–water partition coefficient (Wildman–Crippen LogP) is 4.36. The van der Waals surface area contributed by atoms with Gasteiger partial charge in [-0.25, -0.2) is 9.97 Å². The van der Waals surface area contributed by atoms with Gasteiger partial charge in [-0.1, -0.05) is 42.5 Å². The molecule has 2 aromatic heterocycles. The average molecular weight is 681 g/mol. The molecule has 0 bridgehead atoms. The van der Waals surface area contributed by atoms with Crippen LogP contribution in [0.2, 0.25) is 0 Å². The smallest absolute Gasteiger partial charge is 0.255 e. The Labute approximate surface area is 292 Å². The Hall–Kier alpha value is -4.26. The SMILES string of the molecule is Nc1ncc(-c2cccnc2F)cc1C(=O)N[C@H]1CCC[C@@H]1OCc1ccc(-c2ccc3c(c2)CC[C@@H]3N2CCN(C[C@@H](O)CO)CC2)cc1. The van der Waals surface area contributed by atoms with E-state index in [0.29, 0.717) is 24.8 Å². The van der Waals surface area contributed by atoms with E-state index in [4.69, 9.17) is 10.5 Å². The molecule has 4 aromatic rings. The van der Waals surface area contributed by atoms with Gasteiger partial charge in [-0.3, -0.25) is 14.6 Å². The summed E-state index contributed by atoms with van der Waals surface area (Å²) in [6.45, 7) is 4.53. The number of nitrogen functional groups attached to an aromatic ring is 1. The van der Waals surface area contributed by atoms with Crippen molar-refractivity contribution in [3.05, 3.63) is 101 Å². The molecule has 2 fully saturated rings. The molecule has 0 spiro atoms. The first-order valence-corrected chi connectivity index (χ1v) is 17.6. The highest BCUT2D eigenvalue weighted by Gasteiger charge is 2.32. The molecule has 1 amide bonds. The van der Waals surface area contributed by atoms with E-state index in [1.807, 2.05) is 0 Å². The van der Waals surface area contributed by atoms with E-state index in [9.17, 15) is 19.4 Å². The van der Waals surface area contributed by atoms with Crippen LogP contribution >= 0.6 is 0 Å². The summed E-state index contributed by atoms with van der Waals surface area (Å²) in [5, 5.41) is 22.1. The number of pyridine rings is 2. The number of piperazine rings is 1. The van der Waals surface area contributed by atoms with Crippen LogP contribution in [-0.4, -0.2) is 93.5 Å². The molecule has 10 nitrogen and oxygen atoms in total. The number of hydrogen-bond acceptors (Lipinski definition) is 9. The van der Waals surface area contributed by atoms with Crippen LogP contribution in [0.15, 0.2) is 73.1 Å². The van der Waals surface area contributed by atoms with E-state index in [0.717, 1.165) is 63.8 Å². The summed E-state index contributed by atoms with van der Waals surface area (Å²) < 4.78 is 20.6. The molecule has 50 heavy (non-hydrogen) atoms. The van der Waals surface area contributed by atoms with Crippen LogP contribution in [0.1, 0.15) is 58.8 Å². The number of nitrogens with one attached hydrogen (secondary N) is 1. The number of nitrogens with zero attached hydrogens (tertiary/aromatic N) is 4. The Balaban J connectivity index is 0.931. The van der Waals surface area contributed by atoms with Crippen molar-refractivity contribution in [2.24, 2.45) is 0 Å². The van der Waals surface area contributed by atoms with Crippen molar-refractivity contribution in [3.63, 3.8) is 0 Å². The second-order valence-corrected chi connectivity index (χ2v) is 13.7. The summed E-state index contributed by atoms with van der Waals surface area (Å²) in [6.07, 6.45) is 6.78. The van der Waals surface area contributed by atoms with E-state index < -0.39 is 12.1 Å². The van der Waals surface area contributed by atoms with Crippen LogP contribution in [0.3, 0.4) is 0 Å². The third kappa shape index (κ3) is 7.57. The molecule has 262 valence electrons. The maximum Gasteiger partial charge on any atom is 0.255 e. The number of nitrogens with two attached hydrogens (primary N) is 1. The van der Waals surface area contributed by atoms with Gasteiger partial charge in [0.1, 0.15) is 5.82 Å². The fourth-order valence-electron chi connectivity index (χ4n) is 7.71. The predicted molar refractivity (Wildman–Crippen MR) is 190 cm³/mol. The number of carbonyl (C=O) groups is 1. The standard InChI is InChI=1S/C39H45FN6O4/c40-37-32(3-2-14-42-37)29-20-33(38(41)43-21-29)39(49)44-34-4-1-5-36(34)50-24-25-6-8-26(9-7-25)27-10-12-31-28(19-27)11-13-35(31)46-17-15-45(16-18-46)22-30(48)23-47/h2-3,6-10,12,14,19-21,30,34-36,47-48H,1,4-5,11,13,15-18,22-24H2,(H2,41,43)(H,44,49)/t30-,34+,35+,36+/m1/s1. The summed E-state index contributed by atoms with van der Waals surface area (Å²) in [5.74, 6) is -0.908. The molecule has 1 saturated heterocycles. The monoisotopic (exact) mass is 680 g/mol. The molecule has 2 aliphatic carbocycles. The number of fused-ring (bicyclic) bond motifs is 1. The molecule has 0 radical (unpaired) electrons. The second-order valence-electron chi connectivity index (χ2n) is 13.7. The highest BCUT2D eigenvalue weighted by molar-refractivity contribution is 5.99. The zero-order chi connectivity index (χ0) is 34.6. The summed E-state index contributed by atoms with van der Waals surface area (Å²) in [6, 6.07) is 20.4. The van der Waals surface area contributed by atoms with Gasteiger partial charge in [0, 0.05) is 62.3 Å². The first kappa shape index (κ1) is 34.2. The number of halogens is 1. The van der Waals surface area contributed by atoms with E-state index >= 15 is 0 Å². The van der Waals surface area contributed by atoms with E-state index in [1.54, 1.807) is 18.2 Å². The number of anilines is 1. The molecule has 1 saturated carbocycles. The molecule has 1 aliphatic heterocycles. The molecule has 3 aliphatic rings. The molecule has 3 heterocycles. The molecule has 11 heteroatoms. The Bertz CT molecular complexity index is 1800. The Kier molecular flexibility index (Phi) is 10.5. The van der Waals surface area contributed by atoms with Crippen molar-refractivity contribution in [2.45, 2.75) is 63.0 Å². The summed E-state index contributed by atoms with van der Waals surface area (Å²) >= 11 is 0. The number of aromatic nitrogens is 2. The van der Waals surface area contributed by atoms with Crippen LogP contribution in [0.25, 0.3) is 22.3 Å². The van der Waals surface area contributed by atoms with Gasteiger partial charge in [0.05, 0.1) is 37.0 Å².